The number of ether oxygens (including phenoxy) is 2. The summed E-state index contributed by atoms with van der Waals surface area (Å²) >= 11 is 0. The lowest BCUT2D eigenvalue weighted by atomic mass is 9.94. The van der Waals surface area contributed by atoms with E-state index in [1.807, 2.05) is 25.4 Å². The zero-order chi connectivity index (χ0) is 19.8. The quantitative estimate of drug-likeness (QED) is 0.777. The van der Waals surface area contributed by atoms with Crippen molar-refractivity contribution in [3.63, 3.8) is 0 Å². The molecule has 0 saturated carbocycles. The predicted octanol–water partition coefficient (Wildman–Crippen LogP) is 0.790. The van der Waals surface area contributed by atoms with Crippen LogP contribution in [0.1, 0.15) is 5.69 Å². The lowest BCUT2D eigenvalue weighted by molar-refractivity contribution is -0.183. The maximum atomic E-state index is 11.3. The molecule has 7 heteroatoms. The van der Waals surface area contributed by atoms with Gasteiger partial charge < -0.3 is 29.4 Å². The van der Waals surface area contributed by atoms with Gasteiger partial charge >= 0.3 is 0 Å². The SMILES string of the molecule is Cn1cccc1CNC1C2COC(O2)C(N2CCN(c3ccccc3)CC2)C1O. The molecule has 7 nitrogen and oxygen atoms in total. The fourth-order valence-electron chi connectivity index (χ4n) is 4.86. The first-order valence-electron chi connectivity index (χ1n) is 10.5. The Hall–Kier alpha value is -1.90. The van der Waals surface area contributed by atoms with Gasteiger partial charge in [0.05, 0.1) is 24.8 Å². The number of piperazine rings is 1. The number of anilines is 1. The highest BCUT2D eigenvalue weighted by molar-refractivity contribution is 5.46. The number of nitrogens with one attached hydrogen (secondary N) is 1. The second kappa shape index (κ2) is 8.08. The minimum Gasteiger partial charge on any atom is -0.390 e. The standard InChI is InChI=1S/C22H30N4O3/c1-24-9-5-8-17(24)14-23-19-18-15-28-22(29-18)20(21(19)27)26-12-10-25(11-13-26)16-6-3-2-4-7-16/h2-9,18-23,27H,10-15H2,1H3. The summed E-state index contributed by atoms with van der Waals surface area (Å²) in [7, 11) is 2.04. The van der Waals surface area contributed by atoms with Crippen LogP contribution in [0.25, 0.3) is 0 Å². The number of nitrogens with zero attached hydrogens (tertiary/aromatic N) is 3. The van der Waals surface area contributed by atoms with E-state index in [-0.39, 0.29) is 24.5 Å². The van der Waals surface area contributed by atoms with Gasteiger partial charge in [0.15, 0.2) is 6.29 Å². The highest BCUT2D eigenvalue weighted by Gasteiger charge is 2.52. The molecule has 3 saturated heterocycles. The van der Waals surface area contributed by atoms with Crippen LogP contribution in [0.2, 0.25) is 0 Å². The monoisotopic (exact) mass is 398 g/mol. The molecule has 2 aromatic rings. The number of fused-ring (bicyclic) bond motifs is 2. The average molecular weight is 399 g/mol. The second-order valence-corrected chi connectivity index (χ2v) is 8.23. The molecular formula is C22H30N4O3. The van der Waals surface area contributed by atoms with E-state index < -0.39 is 6.10 Å². The number of hydrogen-bond donors (Lipinski definition) is 2. The molecular weight excluding hydrogens is 368 g/mol. The Morgan fingerprint density at radius 2 is 1.86 bits per heavy atom. The highest BCUT2D eigenvalue weighted by Crippen LogP contribution is 2.32. The summed E-state index contributed by atoms with van der Waals surface area (Å²) in [5.74, 6) is 0. The number of aromatic nitrogens is 1. The van der Waals surface area contributed by atoms with Gasteiger partial charge in [0.25, 0.3) is 0 Å². The summed E-state index contributed by atoms with van der Waals surface area (Å²) in [4.78, 5) is 4.74. The molecule has 3 aliphatic heterocycles. The van der Waals surface area contributed by atoms with Crippen molar-refractivity contribution in [3.8, 4) is 0 Å². The summed E-state index contributed by atoms with van der Waals surface area (Å²) in [6.07, 6.45) is 1.07. The zero-order valence-electron chi connectivity index (χ0n) is 16.9. The van der Waals surface area contributed by atoms with Crippen molar-refractivity contribution in [2.45, 2.75) is 37.1 Å². The van der Waals surface area contributed by atoms with Gasteiger partial charge in [0, 0.05) is 57.3 Å². The van der Waals surface area contributed by atoms with E-state index >= 15 is 0 Å². The van der Waals surface area contributed by atoms with Crippen molar-refractivity contribution in [3.05, 3.63) is 54.4 Å². The van der Waals surface area contributed by atoms with Crippen LogP contribution in [0.15, 0.2) is 48.7 Å². The fraction of sp³-hybridized carbons (Fsp3) is 0.545. The maximum Gasteiger partial charge on any atom is 0.176 e. The van der Waals surface area contributed by atoms with Gasteiger partial charge in [-0.25, -0.2) is 0 Å². The van der Waals surface area contributed by atoms with Crippen molar-refractivity contribution >= 4 is 5.69 Å². The predicted molar refractivity (Wildman–Crippen MR) is 111 cm³/mol. The second-order valence-electron chi connectivity index (χ2n) is 8.23. The van der Waals surface area contributed by atoms with Gasteiger partial charge in [0.1, 0.15) is 6.10 Å². The number of aliphatic hydroxyl groups excluding tert-OH is 1. The van der Waals surface area contributed by atoms with Crippen LogP contribution in [0.3, 0.4) is 0 Å². The number of aryl methyl sites for hydroxylation is 1. The topological polar surface area (TPSA) is 62.1 Å². The summed E-state index contributed by atoms with van der Waals surface area (Å²) in [5.41, 5.74) is 2.44. The molecule has 1 aromatic heterocycles. The van der Waals surface area contributed by atoms with Crippen LogP contribution in [0, 0.1) is 0 Å². The van der Waals surface area contributed by atoms with Crippen LogP contribution < -0.4 is 10.2 Å². The minimum atomic E-state index is -0.523. The molecule has 3 fully saturated rings. The highest BCUT2D eigenvalue weighted by atomic mass is 16.7. The summed E-state index contributed by atoms with van der Waals surface area (Å²) in [5, 5.41) is 14.8. The van der Waals surface area contributed by atoms with Gasteiger partial charge in [-0.1, -0.05) is 18.2 Å². The van der Waals surface area contributed by atoms with Crippen LogP contribution in [0.5, 0.6) is 0 Å². The van der Waals surface area contributed by atoms with Crippen molar-refractivity contribution < 1.29 is 14.6 Å². The van der Waals surface area contributed by atoms with Crippen molar-refractivity contribution in [1.82, 2.24) is 14.8 Å². The Balaban J connectivity index is 1.24. The third-order valence-corrected chi connectivity index (χ3v) is 6.56. The maximum absolute atomic E-state index is 11.3. The van der Waals surface area contributed by atoms with E-state index in [4.69, 9.17) is 9.47 Å². The van der Waals surface area contributed by atoms with E-state index in [2.05, 4.69) is 50.0 Å². The van der Waals surface area contributed by atoms with E-state index in [9.17, 15) is 5.11 Å². The molecule has 29 heavy (non-hydrogen) atoms. The molecule has 4 heterocycles. The smallest absolute Gasteiger partial charge is 0.176 e. The molecule has 3 aliphatic rings. The summed E-state index contributed by atoms with van der Waals surface area (Å²) < 4.78 is 14.2. The Labute approximate surface area is 171 Å². The van der Waals surface area contributed by atoms with E-state index in [1.165, 1.54) is 11.4 Å². The summed E-state index contributed by atoms with van der Waals surface area (Å²) in [6, 6.07) is 14.4. The molecule has 1 aromatic carbocycles. The normalized spacial score (nSPS) is 32.6. The van der Waals surface area contributed by atoms with Crippen LogP contribution >= 0.6 is 0 Å². The lowest BCUT2D eigenvalue weighted by Crippen LogP contribution is -2.66. The first-order valence-corrected chi connectivity index (χ1v) is 10.5. The molecule has 2 N–H and O–H groups in total. The number of aliphatic hydroxyl groups is 1. The first-order chi connectivity index (χ1) is 14.2. The van der Waals surface area contributed by atoms with Crippen LogP contribution in [-0.2, 0) is 23.1 Å². The molecule has 5 rings (SSSR count). The van der Waals surface area contributed by atoms with Crippen LogP contribution in [-0.4, -0.2) is 77.9 Å². The lowest BCUT2D eigenvalue weighted by Gasteiger charge is -2.47. The van der Waals surface area contributed by atoms with Crippen molar-refractivity contribution in [1.29, 1.82) is 0 Å². The largest absolute Gasteiger partial charge is 0.390 e. The van der Waals surface area contributed by atoms with Crippen molar-refractivity contribution in [2.75, 3.05) is 37.7 Å². The van der Waals surface area contributed by atoms with Gasteiger partial charge in [-0.05, 0) is 24.3 Å². The number of rotatable bonds is 5. The molecule has 0 spiro atoms. The molecule has 2 bridgehead atoms. The Bertz CT molecular complexity index is 805. The Morgan fingerprint density at radius 1 is 1.07 bits per heavy atom. The molecule has 0 aliphatic carbocycles. The van der Waals surface area contributed by atoms with Gasteiger partial charge in [-0.3, -0.25) is 4.90 Å². The van der Waals surface area contributed by atoms with Crippen LogP contribution in [0.4, 0.5) is 5.69 Å². The first kappa shape index (κ1) is 19.1. The molecule has 156 valence electrons. The zero-order valence-corrected chi connectivity index (χ0v) is 16.9. The number of hydrogen-bond acceptors (Lipinski definition) is 6. The van der Waals surface area contributed by atoms with E-state index in [1.54, 1.807) is 0 Å². The third-order valence-electron chi connectivity index (χ3n) is 6.56. The Morgan fingerprint density at radius 3 is 2.59 bits per heavy atom. The minimum absolute atomic E-state index is 0.0999. The molecule has 0 amide bonds. The fourth-order valence-corrected chi connectivity index (χ4v) is 4.86. The number of para-hydroxylation sites is 1. The average Bonchev–Trinajstić information content (AvgIpc) is 3.36. The molecule has 5 unspecified atom stereocenters. The Kier molecular flexibility index (Phi) is 5.32. The van der Waals surface area contributed by atoms with E-state index in [0.717, 1.165) is 26.2 Å². The van der Waals surface area contributed by atoms with Gasteiger partial charge in [-0.2, -0.15) is 0 Å². The molecule has 0 radical (unpaired) electrons. The van der Waals surface area contributed by atoms with Crippen molar-refractivity contribution in [2.24, 2.45) is 7.05 Å². The number of benzene rings is 1. The van der Waals surface area contributed by atoms with E-state index in [0.29, 0.717) is 13.2 Å². The van der Waals surface area contributed by atoms with Gasteiger partial charge in [0.2, 0.25) is 0 Å². The summed E-state index contributed by atoms with van der Waals surface area (Å²) in [6.45, 7) is 4.87. The third kappa shape index (κ3) is 3.69. The van der Waals surface area contributed by atoms with Gasteiger partial charge in [-0.15, -0.1) is 0 Å². The molecule has 5 atom stereocenters.